The van der Waals surface area contributed by atoms with E-state index in [-0.39, 0.29) is 50.6 Å². The summed E-state index contributed by atoms with van der Waals surface area (Å²) >= 11 is 0. The number of ether oxygens (including phenoxy) is 8. The predicted molar refractivity (Wildman–Crippen MR) is 257 cm³/mol. The Bertz CT molecular complexity index is 1480. The molecule has 0 spiro atoms. The van der Waals surface area contributed by atoms with E-state index in [0.717, 1.165) is 104 Å². The number of halogens is 6. The molecule has 0 radical (unpaired) electrons. The van der Waals surface area contributed by atoms with E-state index in [1.54, 1.807) is 0 Å². The summed E-state index contributed by atoms with van der Waals surface area (Å²) in [6.45, 7) is 16.8. The zero-order chi connectivity index (χ0) is 53.8. The first kappa shape index (κ1) is 66.3. The summed E-state index contributed by atoms with van der Waals surface area (Å²) in [5.74, 6) is -1.51. The van der Waals surface area contributed by atoms with Gasteiger partial charge in [-0.1, -0.05) is 98.3 Å². The molecule has 0 heterocycles. The highest BCUT2D eigenvalue weighted by Crippen LogP contribution is 2.43. The lowest BCUT2D eigenvalue weighted by molar-refractivity contribution is -0.238. The van der Waals surface area contributed by atoms with Crippen molar-refractivity contribution in [1.82, 2.24) is 0 Å². The summed E-state index contributed by atoms with van der Waals surface area (Å²) in [6.07, 6.45) is 13.3. The van der Waals surface area contributed by atoms with Crippen LogP contribution in [0.1, 0.15) is 217 Å². The van der Waals surface area contributed by atoms with Crippen LogP contribution in [0.15, 0.2) is 0 Å². The first-order chi connectivity index (χ1) is 33.2. The van der Waals surface area contributed by atoms with E-state index in [0.29, 0.717) is 11.8 Å². The van der Waals surface area contributed by atoms with Gasteiger partial charge in [-0.25, -0.2) is 0 Å². The molecule has 2 unspecified atom stereocenters. The molecule has 0 aromatic carbocycles. The molecular formula is C53H92F6O12. The Hall–Kier alpha value is -2.70. The molecular weight excluding hydrogens is 943 g/mol. The fraction of sp³-hybridized carbons (Fsp3) is 0.925. The van der Waals surface area contributed by atoms with Crippen molar-refractivity contribution in [1.29, 1.82) is 0 Å². The first-order valence-electron chi connectivity index (χ1n) is 26.5. The Morgan fingerprint density at radius 2 is 0.648 bits per heavy atom. The minimum atomic E-state index is -4.61. The summed E-state index contributed by atoms with van der Waals surface area (Å²) < 4.78 is 118. The average molecular weight is 1040 g/mol. The number of alkyl halides is 6. The number of hydrogen-bond acceptors (Lipinski definition) is 12. The second-order valence-electron chi connectivity index (χ2n) is 21.3. The van der Waals surface area contributed by atoms with Crippen LogP contribution in [0.25, 0.3) is 0 Å². The maximum absolute atomic E-state index is 12.8. The summed E-state index contributed by atoms with van der Waals surface area (Å²) in [5.41, 5.74) is -5.70. The quantitative estimate of drug-likeness (QED) is 0.0254. The average Bonchev–Trinajstić information content (AvgIpc) is 4.01. The molecule has 4 aliphatic carbocycles. The highest BCUT2D eigenvalue weighted by Gasteiger charge is 2.57. The van der Waals surface area contributed by atoms with Gasteiger partial charge >= 0.3 is 36.2 Å². The summed E-state index contributed by atoms with van der Waals surface area (Å²) in [4.78, 5) is 46.4. The number of carbonyl (C=O) groups is 4. The molecule has 0 aliphatic heterocycles. The van der Waals surface area contributed by atoms with E-state index >= 15 is 0 Å². The number of carbonyl (C=O) groups excluding carboxylic acids is 4. The molecule has 2 atom stereocenters. The van der Waals surface area contributed by atoms with Gasteiger partial charge in [-0.2, -0.15) is 26.3 Å². The molecule has 0 amide bonds. The molecule has 4 rings (SSSR count). The van der Waals surface area contributed by atoms with Gasteiger partial charge < -0.3 is 37.9 Å². The van der Waals surface area contributed by atoms with Crippen molar-refractivity contribution in [3.63, 3.8) is 0 Å². The van der Waals surface area contributed by atoms with Crippen molar-refractivity contribution in [2.75, 3.05) is 40.4 Å². The normalized spacial score (nSPS) is 19.5. The number of esters is 4. The molecule has 4 saturated carbocycles. The Morgan fingerprint density at radius 3 is 0.944 bits per heavy atom. The lowest BCUT2D eigenvalue weighted by Crippen LogP contribution is -2.43. The van der Waals surface area contributed by atoms with Gasteiger partial charge in [0.05, 0.1) is 36.3 Å². The maximum atomic E-state index is 12.8. The molecule has 0 saturated heterocycles. The smallest absolute Gasteiger partial charge is 0.404 e. The summed E-state index contributed by atoms with van der Waals surface area (Å²) in [6, 6.07) is 0. The molecule has 18 heteroatoms. The minimum Gasteiger partial charge on any atom is -0.438 e. The fourth-order valence-corrected chi connectivity index (χ4v) is 7.90. The molecule has 12 nitrogen and oxygen atoms in total. The third-order valence-corrected chi connectivity index (χ3v) is 15.0. The second-order valence-corrected chi connectivity index (χ2v) is 21.3. The molecule has 71 heavy (non-hydrogen) atoms. The summed E-state index contributed by atoms with van der Waals surface area (Å²) in [5, 5.41) is 0. The van der Waals surface area contributed by atoms with Crippen molar-refractivity contribution >= 4 is 23.9 Å². The highest BCUT2D eigenvalue weighted by molar-refractivity contribution is 5.78. The van der Waals surface area contributed by atoms with E-state index in [4.69, 9.17) is 28.4 Å². The van der Waals surface area contributed by atoms with Gasteiger partial charge in [0.2, 0.25) is 0 Å². The molecule has 4 fully saturated rings. The van der Waals surface area contributed by atoms with Gasteiger partial charge in [0.25, 0.3) is 0 Å². The first-order valence-corrected chi connectivity index (χ1v) is 26.5. The van der Waals surface area contributed by atoms with Crippen LogP contribution in [0.4, 0.5) is 26.3 Å². The SMILES string of the molecule is CCC(C)(C(=O)OCOC1CCCC1)C(F)(F)F.CCC(C)(C(=O)OCOC1CCCCCC1)C(F)(F)F.CCC(C)(C)C(=O)OCOCC1CCCC1.CCC(C)(C)C(=O)OCOCC1CCCCC1. The number of hydrogen-bond donors (Lipinski definition) is 0. The Kier molecular flexibility index (Phi) is 31.1. The monoisotopic (exact) mass is 1030 g/mol. The van der Waals surface area contributed by atoms with Crippen molar-refractivity contribution in [2.24, 2.45) is 33.5 Å². The zero-order valence-electron chi connectivity index (χ0n) is 45.0. The van der Waals surface area contributed by atoms with E-state index < -0.39 is 59.5 Å². The van der Waals surface area contributed by atoms with Gasteiger partial charge in [0, 0.05) is 0 Å². The van der Waals surface area contributed by atoms with Crippen molar-refractivity contribution in [2.45, 2.75) is 241 Å². The van der Waals surface area contributed by atoms with Crippen molar-refractivity contribution in [3.05, 3.63) is 0 Å². The Morgan fingerprint density at radius 1 is 0.380 bits per heavy atom. The van der Waals surface area contributed by atoms with Gasteiger partial charge in [0.1, 0.15) is 0 Å². The van der Waals surface area contributed by atoms with Gasteiger partial charge in [-0.3, -0.25) is 19.2 Å². The Balaban J connectivity index is 0.000000475. The molecule has 4 aliphatic rings. The highest BCUT2D eigenvalue weighted by atomic mass is 19.4. The van der Waals surface area contributed by atoms with Gasteiger partial charge in [-0.05, 0) is 130 Å². The van der Waals surface area contributed by atoms with E-state index in [2.05, 4.69) is 9.47 Å². The lowest BCUT2D eigenvalue weighted by atomic mass is 9.87. The van der Waals surface area contributed by atoms with Crippen LogP contribution in [-0.4, -0.2) is 88.8 Å². The largest absolute Gasteiger partial charge is 0.438 e. The molecule has 418 valence electrons. The van der Waals surface area contributed by atoms with Crippen LogP contribution in [0.5, 0.6) is 0 Å². The van der Waals surface area contributed by atoms with Crippen LogP contribution >= 0.6 is 0 Å². The predicted octanol–water partition coefficient (Wildman–Crippen LogP) is 14.3. The van der Waals surface area contributed by atoms with Gasteiger partial charge in [-0.15, -0.1) is 0 Å². The van der Waals surface area contributed by atoms with Crippen LogP contribution < -0.4 is 0 Å². The molecule has 0 aromatic rings. The fourth-order valence-electron chi connectivity index (χ4n) is 7.90. The van der Waals surface area contributed by atoms with Crippen molar-refractivity contribution in [3.8, 4) is 0 Å². The maximum Gasteiger partial charge on any atom is 0.404 e. The van der Waals surface area contributed by atoms with E-state index in [9.17, 15) is 45.5 Å². The minimum absolute atomic E-state index is 0.0101. The third-order valence-electron chi connectivity index (χ3n) is 15.0. The number of rotatable bonds is 22. The van der Waals surface area contributed by atoms with E-state index in [1.165, 1.54) is 71.6 Å². The lowest BCUT2D eigenvalue weighted by Gasteiger charge is -2.28. The van der Waals surface area contributed by atoms with Crippen LogP contribution in [0.3, 0.4) is 0 Å². The topological polar surface area (TPSA) is 142 Å². The Labute approximate surface area is 421 Å². The van der Waals surface area contributed by atoms with Gasteiger partial charge in [0.15, 0.2) is 38.0 Å². The van der Waals surface area contributed by atoms with Crippen LogP contribution in [0.2, 0.25) is 0 Å². The molecule has 0 N–H and O–H groups in total. The van der Waals surface area contributed by atoms with Crippen LogP contribution in [-0.2, 0) is 57.1 Å². The van der Waals surface area contributed by atoms with Crippen molar-refractivity contribution < 1.29 is 83.4 Å². The van der Waals surface area contributed by atoms with Crippen LogP contribution in [0, 0.1) is 33.5 Å². The zero-order valence-corrected chi connectivity index (χ0v) is 45.0. The molecule has 0 aromatic heterocycles. The second kappa shape index (κ2) is 33.3. The van der Waals surface area contributed by atoms with E-state index in [1.807, 2.05) is 41.5 Å². The third kappa shape index (κ3) is 24.5. The standard InChI is InChI=1S/C14H23F3O3.C14H26O3.C13H24O3.C12H19F3O3/c1-3-13(2,14(15,16)17)12(18)20-10-19-11-8-6-4-5-7-9-11;1-4-14(2,3)13(15)17-11-16-10-12-8-6-5-7-9-12;1-4-13(2,3)12(14)16-10-15-9-11-7-5-6-8-11;1-3-11(2,12(13,14)15)10(16)18-8-17-9-6-4-5-7-9/h11H,3-10H2,1-2H3;12H,4-11H2,1-3H3;11H,4-10H2,1-3H3;9H,3-8H2,1-2H3. The molecule has 0 bridgehead atoms. The summed E-state index contributed by atoms with van der Waals surface area (Å²) in [7, 11) is 0.